The van der Waals surface area contributed by atoms with Gasteiger partial charge in [0.1, 0.15) is 5.75 Å². The van der Waals surface area contributed by atoms with Crippen LogP contribution in [0, 0.1) is 0 Å². The quantitative estimate of drug-likeness (QED) is 0.678. The number of hydrogen-bond donors (Lipinski definition) is 1. The van der Waals surface area contributed by atoms with E-state index in [0.717, 1.165) is 4.47 Å². The number of carbonyl (C=O) groups is 1. The summed E-state index contributed by atoms with van der Waals surface area (Å²) >= 11 is 3.34. The Labute approximate surface area is 126 Å². The lowest BCUT2D eigenvalue weighted by atomic mass is 10.0. The zero-order chi connectivity index (χ0) is 14.7. The molecule has 0 unspecified atom stereocenters. The average Bonchev–Trinajstić information content (AvgIpc) is 2.36. The van der Waals surface area contributed by atoms with E-state index in [1.54, 1.807) is 30.3 Å². The molecule has 0 aliphatic heterocycles. The van der Waals surface area contributed by atoms with Crippen LogP contribution >= 0.6 is 15.9 Å². The Bertz CT molecular complexity index is 618. The van der Waals surface area contributed by atoms with Gasteiger partial charge in [-0.15, -0.1) is 0 Å². The van der Waals surface area contributed by atoms with E-state index in [4.69, 9.17) is 10.5 Å². The van der Waals surface area contributed by atoms with E-state index in [-0.39, 0.29) is 11.9 Å². The predicted octanol–water partition coefficient (Wildman–Crippen LogP) is 4.05. The second-order valence-electron chi connectivity index (χ2n) is 4.80. The van der Waals surface area contributed by atoms with Crippen LogP contribution in [0.1, 0.15) is 29.8 Å². The second-order valence-corrected chi connectivity index (χ2v) is 5.71. The maximum Gasteiger partial charge on any atom is 0.193 e. The third kappa shape index (κ3) is 3.61. The lowest BCUT2D eigenvalue weighted by Gasteiger charge is -2.10. The van der Waals surface area contributed by atoms with Gasteiger partial charge in [0.05, 0.1) is 6.10 Å². The molecule has 0 radical (unpaired) electrons. The van der Waals surface area contributed by atoms with Crippen LogP contribution in [-0.4, -0.2) is 11.9 Å². The molecule has 0 aromatic heterocycles. The molecule has 20 heavy (non-hydrogen) atoms. The fraction of sp³-hybridized carbons (Fsp3) is 0.188. The second kappa shape index (κ2) is 6.09. The zero-order valence-electron chi connectivity index (χ0n) is 11.4. The van der Waals surface area contributed by atoms with Gasteiger partial charge in [-0.2, -0.15) is 0 Å². The number of benzene rings is 2. The Morgan fingerprint density at radius 1 is 1.15 bits per heavy atom. The Morgan fingerprint density at radius 2 is 1.90 bits per heavy atom. The highest BCUT2D eigenvalue weighted by Gasteiger charge is 2.11. The predicted molar refractivity (Wildman–Crippen MR) is 84.2 cm³/mol. The summed E-state index contributed by atoms with van der Waals surface area (Å²) in [4.78, 5) is 12.5. The Kier molecular flexibility index (Phi) is 4.45. The van der Waals surface area contributed by atoms with Crippen molar-refractivity contribution in [2.75, 3.05) is 5.73 Å². The summed E-state index contributed by atoms with van der Waals surface area (Å²) in [6.45, 7) is 3.90. The SMILES string of the molecule is CC(C)Oc1cccc(C(=O)c2cc(N)cc(Br)c2)c1. The normalized spacial score (nSPS) is 10.6. The molecule has 0 heterocycles. The van der Waals surface area contributed by atoms with Gasteiger partial charge in [-0.25, -0.2) is 0 Å². The van der Waals surface area contributed by atoms with E-state index >= 15 is 0 Å². The van der Waals surface area contributed by atoms with Gasteiger partial charge in [-0.1, -0.05) is 28.1 Å². The summed E-state index contributed by atoms with van der Waals surface area (Å²) in [5.41, 5.74) is 7.46. The molecule has 2 aromatic rings. The molecule has 3 nitrogen and oxygen atoms in total. The standard InChI is InChI=1S/C16H16BrNO2/c1-10(2)20-15-5-3-4-11(8-15)16(19)12-6-13(17)9-14(18)7-12/h3-10H,18H2,1-2H3. The number of nitrogens with two attached hydrogens (primary N) is 1. The first-order valence-corrected chi connectivity index (χ1v) is 7.12. The number of nitrogen functional groups attached to an aromatic ring is 1. The number of halogens is 1. The topological polar surface area (TPSA) is 52.3 Å². The smallest absolute Gasteiger partial charge is 0.193 e. The highest BCUT2D eigenvalue weighted by Crippen LogP contribution is 2.22. The Morgan fingerprint density at radius 3 is 2.55 bits per heavy atom. The van der Waals surface area contributed by atoms with E-state index in [0.29, 0.717) is 22.6 Å². The minimum absolute atomic E-state index is 0.0712. The molecule has 0 saturated carbocycles. The van der Waals surface area contributed by atoms with Crippen molar-refractivity contribution in [3.8, 4) is 5.75 Å². The molecule has 4 heteroatoms. The van der Waals surface area contributed by atoms with Crippen molar-refractivity contribution in [2.24, 2.45) is 0 Å². The van der Waals surface area contributed by atoms with Gasteiger partial charge in [-0.05, 0) is 44.2 Å². The number of hydrogen-bond acceptors (Lipinski definition) is 3. The van der Waals surface area contributed by atoms with Crippen molar-refractivity contribution in [1.82, 2.24) is 0 Å². The van der Waals surface area contributed by atoms with Gasteiger partial charge < -0.3 is 10.5 Å². The van der Waals surface area contributed by atoms with E-state index in [2.05, 4.69) is 15.9 Å². The van der Waals surface area contributed by atoms with Crippen molar-refractivity contribution in [3.05, 3.63) is 58.1 Å². The first-order valence-electron chi connectivity index (χ1n) is 6.33. The largest absolute Gasteiger partial charge is 0.491 e. The molecule has 0 fully saturated rings. The molecule has 0 aliphatic rings. The zero-order valence-corrected chi connectivity index (χ0v) is 13.0. The minimum atomic E-state index is -0.0767. The van der Waals surface area contributed by atoms with Crippen LogP contribution < -0.4 is 10.5 Å². The average molecular weight is 334 g/mol. The van der Waals surface area contributed by atoms with Crippen LogP contribution in [0.4, 0.5) is 5.69 Å². The monoisotopic (exact) mass is 333 g/mol. The number of ether oxygens (including phenoxy) is 1. The van der Waals surface area contributed by atoms with Crippen molar-refractivity contribution in [3.63, 3.8) is 0 Å². The molecule has 104 valence electrons. The third-order valence-corrected chi connectivity index (χ3v) is 3.11. The first kappa shape index (κ1) is 14.6. The van der Waals surface area contributed by atoms with Crippen LogP contribution in [0.3, 0.4) is 0 Å². The fourth-order valence-corrected chi connectivity index (χ4v) is 2.40. The summed E-state index contributed by atoms with van der Waals surface area (Å²) < 4.78 is 6.39. The minimum Gasteiger partial charge on any atom is -0.491 e. The van der Waals surface area contributed by atoms with Crippen LogP contribution in [0.15, 0.2) is 46.9 Å². The van der Waals surface area contributed by atoms with E-state index in [1.807, 2.05) is 26.0 Å². The summed E-state index contributed by atoms with van der Waals surface area (Å²) in [5.74, 6) is 0.612. The van der Waals surface area contributed by atoms with Crippen LogP contribution in [0.5, 0.6) is 5.75 Å². The Balaban J connectivity index is 2.33. The number of rotatable bonds is 4. The molecular weight excluding hydrogens is 318 g/mol. The highest BCUT2D eigenvalue weighted by atomic mass is 79.9. The van der Waals surface area contributed by atoms with E-state index in [9.17, 15) is 4.79 Å². The van der Waals surface area contributed by atoms with Crippen molar-refractivity contribution in [1.29, 1.82) is 0 Å². The summed E-state index contributed by atoms with van der Waals surface area (Å²) in [5, 5.41) is 0. The molecule has 0 aliphatic carbocycles. The van der Waals surface area contributed by atoms with Crippen LogP contribution in [0.25, 0.3) is 0 Å². The molecular formula is C16H16BrNO2. The summed E-state index contributed by atoms with van der Waals surface area (Å²) in [6.07, 6.45) is 0.0712. The molecule has 0 atom stereocenters. The van der Waals surface area contributed by atoms with E-state index in [1.165, 1.54) is 0 Å². The molecule has 2 aromatic carbocycles. The van der Waals surface area contributed by atoms with Gasteiger partial charge in [0.25, 0.3) is 0 Å². The molecule has 0 amide bonds. The maximum absolute atomic E-state index is 12.5. The number of ketones is 1. The van der Waals surface area contributed by atoms with Gasteiger partial charge in [0.2, 0.25) is 0 Å². The van der Waals surface area contributed by atoms with Gasteiger partial charge in [0.15, 0.2) is 5.78 Å². The van der Waals surface area contributed by atoms with Crippen LogP contribution in [-0.2, 0) is 0 Å². The first-order chi connectivity index (χ1) is 9.45. The molecule has 2 rings (SSSR count). The van der Waals surface area contributed by atoms with Crippen LogP contribution in [0.2, 0.25) is 0 Å². The fourth-order valence-electron chi connectivity index (χ4n) is 1.89. The maximum atomic E-state index is 12.5. The number of anilines is 1. The summed E-state index contributed by atoms with van der Waals surface area (Å²) in [7, 11) is 0. The van der Waals surface area contributed by atoms with E-state index < -0.39 is 0 Å². The molecule has 0 bridgehead atoms. The molecule has 0 spiro atoms. The highest BCUT2D eigenvalue weighted by molar-refractivity contribution is 9.10. The van der Waals surface area contributed by atoms with Gasteiger partial charge in [-0.3, -0.25) is 4.79 Å². The Hall–Kier alpha value is -1.81. The van der Waals surface area contributed by atoms with Gasteiger partial charge >= 0.3 is 0 Å². The number of carbonyl (C=O) groups excluding carboxylic acids is 1. The molecule has 0 saturated heterocycles. The lowest BCUT2D eigenvalue weighted by Crippen LogP contribution is -2.07. The third-order valence-electron chi connectivity index (χ3n) is 2.65. The lowest BCUT2D eigenvalue weighted by molar-refractivity contribution is 0.103. The van der Waals surface area contributed by atoms with Crippen molar-refractivity contribution >= 4 is 27.4 Å². The summed E-state index contributed by atoms with van der Waals surface area (Å²) in [6, 6.07) is 12.4. The van der Waals surface area contributed by atoms with Crippen molar-refractivity contribution in [2.45, 2.75) is 20.0 Å². The molecule has 2 N–H and O–H groups in total. The van der Waals surface area contributed by atoms with Crippen molar-refractivity contribution < 1.29 is 9.53 Å². The van der Waals surface area contributed by atoms with Gasteiger partial charge in [0, 0.05) is 21.3 Å².